The number of hydrogen-bond acceptors (Lipinski definition) is 3. The van der Waals surface area contributed by atoms with Crippen molar-refractivity contribution in [3.05, 3.63) is 0 Å². The highest BCUT2D eigenvalue weighted by Crippen LogP contribution is 2.19. The molecule has 1 aliphatic heterocycles. The zero-order valence-electron chi connectivity index (χ0n) is 12.9. The molecule has 0 bridgehead atoms. The van der Waals surface area contributed by atoms with Gasteiger partial charge in [-0.1, -0.05) is 0 Å². The van der Waals surface area contributed by atoms with E-state index in [0.717, 1.165) is 19.4 Å². The van der Waals surface area contributed by atoms with Gasteiger partial charge < -0.3 is 19.6 Å². The van der Waals surface area contributed by atoms with Crippen LogP contribution in [0, 0.1) is 5.92 Å². The van der Waals surface area contributed by atoms with Crippen LogP contribution in [-0.2, 0) is 9.53 Å². The molecule has 0 saturated carbocycles. The Morgan fingerprint density at radius 3 is 2.50 bits per heavy atom. The number of aliphatic carboxylic acids is 1. The van der Waals surface area contributed by atoms with Gasteiger partial charge in [-0.25, -0.2) is 9.59 Å². The lowest BCUT2D eigenvalue weighted by Gasteiger charge is -2.38. The standard InChI is InChI=1S/C14H26N2O4/c1-5-16(14(2,3)12(17)18)13(19)15(4)9-11-7-6-8-20-10-11/h11H,5-10H2,1-4H3,(H,17,18). The molecule has 1 fully saturated rings. The van der Waals surface area contributed by atoms with E-state index in [1.54, 1.807) is 32.7 Å². The summed E-state index contributed by atoms with van der Waals surface area (Å²) in [7, 11) is 1.72. The second-order valence-corrected chi connectivity index (χ2v) is 5.85. The van der Waals surface area contributed by atoms with E-state index in [4.69, 9.17) is 4.74 Å². The van der Waals surface area contributed by atoms with Crippen LogP contribution in [0.25, 0.3) is 0 Å². The number of nitrogens with zero attached hydrogens (tertiary/aromatic N) is 2. The first-order chi connectivity index (χ1) is 9.30. The van der Waals surface area contributed by atoms with Gasteiger partial charge in [-0.05, 0) is 33.6 Å². The predicted molar refractivity (Wildman–Crippen MR) is 75.7 cm³/mol. The number of likely N-dealkylation sites (N-methyl/N-ethyl adjacent to an activating group) is 1. The third kappa shape index (κ3) is 3.85. The lowest BCUT2D eigenvalue weighted by atomic mass is 10.0. The number of carboxylic acids is 1. The Bertz CT molecular complexity index is 351. The Labute approximate surface area is 120 Å². The molecule has 0 aliphatic carbocycles. The van der Waals surface area contributed by atoms with Crippen molar-refractivity contribution in [2.45, 2.75) is 39.2 Å². The van der Waals surface area contributed by atoms with Crippen LogP contribution in [0.3, 0.4) is 0 Å². The summed E-state index contributed by atoms with van der Waals surface area (Å²) in [5.41, 5.74) is -1.21. The van der Waals surface area contributed by atoms with Gasteiger partial charge in [0, 0.05) is 32.7 Å². The summed E-state index contributed by atoms with van der Waals surface area (Å²) in [6, 6.07) is -0.245. The summed E-state index contributed by atoms with van der Waals surface area (Å²) in [5.74, 6) is -0.661. The summed E-state index contributed by atoms with van der Waals surface area (Å²) >= 11 is 0. The second-order valence-electron chi connectivity index (χ2n) is 5.85. The molecule has 1 heterocycles. The maximum atomic E-state index is 12.4. The lowest BCUT2D eigenvalue weighted by Crippen LogP contribution is -2.56. The molecule has 1 atom stereocenters. The van der Waals surface area contributed by atoms with E-state index in [0.29, 0.717) is 25.6 Å². The largest absolute Gasteiger partial charge is 0.480 e. The maximum Gasteiger partial charge on any atom is 0.329 e. The normalized spacial score (nSPS) is 19.5. The Morgan fingerprint density at radius 1 is 1.40 bits per heavy atom. The van der Waals surface area contributed by atoms with E-state index >= 15 is 0 Å². The fraction of sp³-hybridized carbons (Fsp3) is 0.857. The number of amides is 2. The minimum atomic E-state index is -1.21. The summed E-state index contributed by atoms with van der Waals surface area (Å²) in [6.07, 6.45) is 2.07. The number of hydrogen-bond donors (Lipinski definition) is 1. The number of rotatable bonds is 5. The molecule has 1 unspecified atom stereocenters. The van der Waals surface area contributed by atoms with Gasteiger partial charge in [0.15, 0.2) is 0 Å². The van der Waals surface area contributed by atoms with Crippen molar-refractivity contribution < 1.29 is 19.4 Å². The van der Waals surface area contributed by atoms with E-state index in [2.05, 4.69) is 0 Å². The first kappa shape index (κ1) is 16.8. The summed E-state index contributed by atoms with van der Waals surface area (Å²) < 4.78 is 5.41. The number of carboxylic acid groups (broad SMARTS) is 1. The van der Waals surface area contributed by atoms with Crippen molar-refractivity contribution in [2.24, 2.45) is 5.92 Å². The van der Waals surface area contributed by atoms with Crippen molar-refractivity contribution in [1.29, 1.82) is 0 Å². The van der Waals surface area contributed by atoms with Crippen LogP contribution in [0.2, 0.25) is 0 Å². The van der Waals surface area contributed by atoms with E-state index in [-0.39, 0.29) is 6.03 Å². The van der Waals surface area contributed by atoms with Gasteiger partial charge in [0.25, 0.3) is 0 Å². The zero-order valence-corrected chi connectivity index (χ0v) is 12.9. The average Bonchev–Trinajstić information content (AvgIpc) is 2.40. The Hall–Kier alpha value is -1.30. The van der Waals surface area contributed by atoms with Crippen molar-refractivity contribution >= 4 is 12.0 Å². The zero-order chi connectivity index (χ0) is 15.3. The maximum absolute atomic E-state index is 12.4. The number of carbonyl (C=O) groups excluding carboxylic acids is 1. The first-order valence-corrected chi connectivity index (χ1v) is 7.14. The van der Waals surface area contributed by atoms with E-state index < -0.39 is 11.5 Å². The van der Waals surface area contributed by atoms with Crippen LogP contribution in [-0.4, -0.2) is 65.8 Å². The van der Waals surface area contributed by atoms with Crippen LogP contribution in [0.15, 0.2) is 0 Å². The van der Waals surface area contributed by atoms with Crippen LogP contribution in [0.4, 0.5) is 4.79 Å². The highest BCUT2D eigenvalue weighted by molar-refractivity contribution is 5.85. The molecule has 116 valence electrons. The molecule has 1 aliphatic rings. The molecule has 20 heavy (non-hydrogen) atoms. The first-order valence-electron chi connectivity index (χ1n) is 7.14. The smallest absolute Gasteiger partial charge is 0.329 e. The third-order valence-electron chi connectivity index (χ3n) is 3.86. The average molecular weight is 286 g/mol. The molecule has 1 rings (SSSR count). The van der Waals surface area contributed by atoms with Gasteiger partial charge in [-0.2, -0.15) is 0 Å². The Morgan fingerprint density at radius 2 is 2.05 bits per heavy atom. The van der Waals surface area contributed by atoms with Gasteiger partial charge >= 0.3 is 12.0 Å². The molecule has 0 aromatic rings. The van der Waals surface area contributed by atoms with Gasteiger partial charge in [0.2, 0.25) is 0 Å². The van der Waals surface area contributed by atoms with Crippen molar-refractivity contribution in [2.75, 3.05) is 33.4 Å². The quantitative estimate of drug-likeness (QED) is 0.834. The molecule has 2 amide bonds. The molecule has 0 aromatic carbocycles. The molecule has 0 radical (unpaired) electrons. The van der Waals surface area contributed by atoms with Crippen LogP contribution >= 0.6 is 0 Å². The Balaban J connectivity index is 2.67. The number of urea groups is 1. The fourth-order valence-electron chi connectivity index (χ4n) is 2.51. The minimum Gasteiger partial charge on any atom is -0.480 e. The van der Waals surface area contributed by atoms with Crippen molar-refractivity contribution in [1.82, 2.24) is 9.80 Å². The highest BCUT2D eigenvalue weighted by atomic mass is 16.5. The summed E-state index contributed by atoms with van der Waals surface area (Å²) in [5, 5.41) is 9.26. The SMILES string of the molecule is CCN(C(=O)N(C)CC1CCCOC1)C(C)(C)C(=O)O. The van der Waals surface area contributed by atoms with Gasteiger partial charge in [0.1, 0.15) is 5.54 Å². The van der Waals surface area contributed by atoms with Gasteiger partial charge in [0.05, 0.1) is 6.61 Å². The van der Waals surface area contributed by atoms with Crippen LogP contribution in [0.1, 0.15) is 33.6 Å². The summed E-state index contributed by atoms with van der Waals surface area (Å²) in [4.78, 5) is 26.7. The van der Waals surface area contributed by atoms with Crippen molar-refractivity contribution in [3.8, 4) is 0 Å². The molecular weight excluding hydrogens is 260 g/mol. The molecule has 1 saturated heterocycles. The van der Waals surface area contributed by atoms with E-state index in [1.807, 2.05) is 0 Å². The lowest BCUT2D eigenvalue weighted by molar-refractivity contribution is -0.147. The van der Waals surface area contributed by atoms with Gasteiger partial charge in [-0.3, -0.25) is 0 Å². The van der Waals surface area contributed by atoms with Gasteiger partial charge in [-0.15, -0.1) is 0 Å². The molecule has 0 aromatic heterocycles. The second kappa shape index (κ2) is 6.92. The number of ether oxygens (including phenoxy) is 1. The Kier molecular flexibility index (Phi) is 5.80. The van der Waals surface area contributed by atoms with E-state index in [9.17, 15) is 14.7 Å². The summed E-state index contributed by atoms with van der Waals surface area (Å²) in [6.45, 7) is 7.32. The topological polar surface area (TPSA) is 70.1 Å². The minimum absolute atomic E-state index is 0.245. The molecular formula is C14H26N2O4. The molecule has 6 heteroatoms. The third-order valence-corrected chi connectivity index (χ3v) is 3.86. The van der Waals surface area contributed by atoms with Crippen molar-refractivity contribution in [3.63, 3.8) is 0 Å². The monoisotopic (exact) mass is 286 g/mol. The number of carbonyl (C=O) groups is 2. The highest BCUT2D eigenvalue weighted by Gasteiger charge is 2.38. The molecule has 1 N–H and O–H groups in total. The molecule has 6 nitrogen and oxygen atoms in total. The van der Waals surface area contributed by atoms with Crippen LogP contribution < -0.4 is 0 Å². The van der Waals surface area contributed by atoms with Crippen LogP contribution in [0.5, 0.6) is 0 Å². The fourth-order valence-corrected chi connectivity index (χ4v) is 2.51. The molecule has 0 spiro atoms. The van der Waals surface area contributed by atoms with E-state index in [1.165, 1.54) is 4.90 Å². The predicted octanol–water partition coefficient (Wildman–Crippen LogP) is 1.65.